The highest BCUT2D eigenvalue weighted by molar-refractivity contribution is 6.07. The van der Waals surface area contributed by atoms with Crippen LogP contribution in [0.2, 0.25) is 0 Å². The number of methoxy groups -OCH3 is 1. The fourth-order valence-electron chi connectivity index (χ4n) is 2.98. The van der Waals surface area contributed by atoms with Crippen molar-refractivity contribution in [3.63, 3.8) is 0 Å². The second kappa shape index (κ2) is 8.97. The van der Waals surface area contributed by atoms with Crippen molar-refractivity contribution in [3.8, 4) is 0 Å². The van der Waals surface area contributed by atoms with E-state index >= 15 is 0 Å². The predicted molar refractivity (Wildman–Crippen MR) is 108 cm³/mol. The van der Waals surface area contributed by atoms with Crippen molar-refractivity contribution in [2.45, 2.75) is 12.3 Å². The number of aryl methyl sites for hydroxylation is 1. The number of aromatic nitrogens is 2. The number of carbonyl (C=O) groups excluding carboxylic acids is 3. The predicted octanol–water partition coefficient (Wildman–Crippen LogP) is 2.94. The topological polar surface area (TPSA) is 90.3 Å². The third-order valence-electron chi connectivity index (χ3n) is 4.53. The summed E-state index contributed by atoms with van der Waals surface area (Å²) in [6.45, 7) is 0. The van der Waals surface area contributed by atoms with Gasteiger partial charge in [0, 0.05) is 37.1 Å². The summed E-state index contributed by atoms with van der Waals surface area (Å²) in [5, 5.41) is 2.75. The minimum absolute atomic E-state index is 0.0510. The van der Waals surface area contributed by atoms with Crippen LogP contribution in [0.15, 0.2) is 67.0 Å². The van der Waals surface area contributed by atoms with Gasteiger partial charge in [0.25, 0.3) is 0 Å². The summed E-state index contributed by atoms with van der Waals surface area (Å²) in [4.78, 5) is 41.1. The maximum Gasteiger partial charge on any atom is 0.313 e. The van der Waals surface area contributed by atoms with Gasteiger partial charge in [0.15, 0.2) is 5.82 Å². The lowest BCUT2D eigenvalue weighted by molar-refractivity contribution is -0.143. The van der Waals surface area contributed by atoms with Crippen molar-refractivity contribution in [1.82, 2.24) is 9.55 Å². The summed E-state index contributed by atoms with van der Waals surface area (Å²) >= 11 is 0. The molecule has 1 N–H and O–H groups in total. The smallest absolute Gasteiger partial charge is 0.313 e. The lowest BCUT2D eigenvalue weighted by atomic mass is 9.95. The van der Waals surface area contributed by atoms with Gasteiger partial charge >= 0.3 is 5.97 Å². The van der Waals surface area contributed by atoms with Crippen LogP contribution >= 0.6 is 0 Å². The van der Waals surface area contributed by atoms with E-state index in [1.807, 2.05) is 6.07 Å². The quantitative estimate of drug-likeness (QED) is 0.494. The maximum absolute atomic E-state index is 12.5. The Hall–Kier alpha value is -3.74. The summed E-state index contributed by atoms with van der Waals surface area (Å²) in [5.41, 5.74) is 1.71. The molecule has 148 valence electrons. The van der Waals surface area contributed by atoms with E-state index in [2.05, 4.69) is 10.3 Å². The number of nitrogens with one attached hydrogen (secondary N) is 1. The zero-order valence-electron chi connectivity index (χ0n) is 16.2. The van der Waals surface area contributed by atoms with Crippen molar-refractivity contribution in [1.29, 1.82) is 0 Å². The third kappa shape index (κ3) is 4.76. The van der Waals surface area contributed by atoms with Gasteiger partial charge in [0.05, 0.1) is 13.0 Å². The highest BCUT2D eigenvalue weighted by Gasteiger charge is 2.24. The Balaban J connectivity index is 1.68. The molecule has 3 rings (SSSR count). The molecule has 1 atom stereocenters. The molecule has 29 heavy (non-hydrogen) atoms. The van der Waals surface area contributed by atoms with Crippen molar-refractivity contribution in [2.24, 2.45) is 7.05 Å². The highest BCUT2D eigenvalue weighted by Crippen LogP contribution is 2.22. The van der Waals surface area contributed by atoms with Crippen molar-refractivity contribution in [3.05, 3.63) is 83.9 Å². The van der Waals surface area contributed by atoms with Gasteiger partial charge in [-0.15, -0.1) is 0 Å². The van der Waals surface area contributed by atoms with E-state index in [0.29, 0.717) is 22.6 Å². The summed E-state index contributed by atoms with van der Waals surface area (Å²) in [5.74, 6) is -1.35. The van der Waals surface area contributed by atoms with Gasteiger partial charge in [0.2, 0.25) is 11.7 Å². The molecule has 7 nitrogen and oxygen atoms in total. The van der Waals surface area contributed by atoms with Gasteiger partial charge in [-0.25, -0.2) is 4.98 Å². The molecular weight excluding hydrogens is 370 g/mol. The second-order valence-corrected chi connectivity index (χ2v) is 6.51. The number of ether oxygens (including phenoxy) is 1. The Bertz CT molecular complexity index is 1010. The van der Waals surface area contributed by atoms with Gasteiger partial charge in [-0.05, 0) is 29.8 Å². The minimum atomic E-state index is -0.689. The zero-order chi connectivity index (χ0) is 20.8. The molecule has 0 aliphatic carbocycles. The monoisotopic (exact) mass is 391 g/mol. The molecule has 0 aliphatic rings. The SMILES string of the molecule is COC(=O)C(CC(=O)Nc1ccc(C(=O)c2nccn2C)cc1)c1ccccc1. The normalized spacial score (nSPS) is 11.5. The molecule has 2 aromatic carbocycles. The molecule has 3 aromatic rings. The number of carbonyl (C=O) groups is 3. The van der Waals surface area contributed by atoms with Crippen LogP contribution in [0.25, 0.3) is 0 Å². The molecule has 1 aromatic heterocycles. The van der Waals surface area contributed by atoms with Gasteiger partial charge < -0.3 is 14.6 Å². The Morgan fingerprint density at radius 1 is 1.07 bits per heavy atom. The number of hydrogen-bond donors (Lipinski definition) is 1. The van der Waals surface area contributed by atoms with E-state index in [1.54, 1.807) is 72.5 Å². The summed E-state index contributed by atoms with van der Waals surface area (Å²) < 4.78 is 6.49. The molecule has 0 bridgehead atoms. The largest absolute Gasteiger partial charge is 0.469 e. The lowest BCUT2D eigenvalue weighted by Gasteiger charge is -2.15. The van der Waals surface area contributed by atoms with Crippen molar-refractivity contribution in [2.75, 3.05) is 12.4 Å². The Morgan fingerprint density at radius 2 is 1.76 bits per heavy atom. The van der Waals surface area contributed by atoms with Crippen LogP contribution in [-0.4, -0.2) is 34.3 Å². The minimum Gasteiger partial charge on any atom is -0.469 e. The third-order valence-corrected chi connectivity index (χ3v) is 4.53. The number of anilines is 1. The van der Waals surface area contributed by atoms with E-state index in [0.717, 1.165) is 0 Å². The first-order valence-corrected chi connectivity index (χ1v) is 9.04. The molecule has 0 saturated heterocycles. The van der Waals surface area contributed by atoms with E-state index in [9.17, 15) is 14.4 Å². The molecular formula is C22H21N3O4. The van der Waals surface area contributed by atoms with Gasteiger partial charge in [0.1, 0.15) is 0 Å². The summed E-state index contributed by atoms with van der Waals surface area (Å²) in [7, 11) is 3.05. The molecule has 0 fully saturated rings. The molecule has 1 amide bonds. The second-order valence-electron chi connectivity index (χ2n) is 6.51. The summed E-state index contributed by atoms with van der Waals surface area (Å²) in [6, 6.07) is 15.6. The Morgan fingerprint density at radius 3 is 2.34 bits per heavy atom. The van der Waals surface area contributed by atoms with Gasteiger partial charge in [-0.2, -0.15) is 0 Å². The first kappa shape index (κ1) is 20.0. The molecule has 1 unspecified atom stereocenters. The van der Waals surface area contributed by atoms with Gasteiger partial charge in [-0.1, -0.05) is 30.3 Å². The first-order valence-electron chi connectivity index (χ1n) is 9.04. The van der Waals surface area contributed by atoms with Crippen LogP contribution in [0.5, 0.6) is 0 Å². The number of esters is 1. The van der Waals surface area contributed by atoms with Crippen LogP contribution < -0.4 is 5.32 Å². The summed E-state index contributed by atoms with van der Waals surface area (Å²) in [6.07, 6.45) is 3.21. The average molecular weight is 391 g/mol. The van der Waals surface area contributed by atoms with Crippen LogP contribution in [0.3, 0.4) is 0 Å². The number of amides is 1. The fraction of sp³-hybridized carbons (Fsp3) is 0.182. The van der Waals surface area contributed by atoms with Gasteiger partial charge in [-0.3, -0.25) is 14.4 Å². The molecule has 0 aliphatic heterocycles. The first-order chi connectivity index (χ1) is 14.0. The number of nitrogens with zero attached hydrogens (tertiary/aromatic N) is 2. The molecule has 0 radical (unpaired) electrons. The van der Waals surface area contributed by atoms with Crippen LogP contribution in [0.1, 0.15) is 34.1 Å². The number of benzene rings is 2. The van der Waals surface area contributed by atoms with Crippen molar-refractivity contribution < 1.29 is 19.1 Å². The fourth-order valence-corrected chi connectivity index (χ4v) is 2.98. The maximum atomic E-state index is 12.5. The van der Waals surface area contributed by atoms with E-state index < -0.39 is 11.9 Å². The number of imidazole rings is 1. The van der Waals surface area contributed by atoms with Crippen LogP contribution in [0.4, 0.5) is 5.69 Å². The zero-order valence-corrected chi connectivity index (χ0v) is 16.2. The average Bonchev–Trinajstić information content (AvgIpc) is 3.18. The Labute approximate surface area is 168 Å². The number of hydrogen-bond acceptors (Lipinski definition) is 5. The molecule has 0 spiro atoms. The van der Waals surface area contributed by atoms with Crippen molar-refractivity contribution >= 4 is 23.3 Å². The highest BCUT2D eigenvalue weighted by atomic mass is 16.5. The molecule has 0 saturated carbocycles. The van der Waals surface area contributed by atoms with E-state index in [4.69, 9.17) is 4.74 Å². The lowest BCUT2D eigenvalue weighted by Crippen LogP contribution is -2.22. The Kier molecular flexibility index (Phi) is 6.19. The van der Waals surface area contributed by atoms with Crippen LogP contribution in [0, 0.1) is 0 Å². The van der Waals surface area contributed by atoms with E-state index in [1.165, 1.54) is 7.11 Å². The van der Waals surface area contributed by atoms with E-state index in [-0.39, 0.29) is 18.1 Å². The van der Waals surface area contributed by atoms with Crippen LogP contribution in [-0.2, 0) is 21.4 Å². The molecule has 1 heterocycles. The number of ketones is 1. The standard InChI is InChI=1S/C22H21N3O4/c1-25-13-12-23-21(25)20(27)16-8-10-17(11-9-16)24-19(26)14-18(22(28)29-2)15-6-4-3-5-7-15/h3-13,18H,14H2,1-2H3,(H,24,26). The molecule has 7 heteroatoms. The number of rotatable bonds is 7.